The van der Waals surface area contributed by atoms with Crippen LogP contribution in [0.4, 0.5) is 0 Å². The van der Waals surface area contributed by atoms with Crippen molar-refractivity contribution < 1.29 is 0 Å². The normalized spacial score (nSPS) is 11.1. The van der Waals surface area contributed by atoms with Gasteiger partial charge in [0, 0.05) is 16.6 Å². The summed E-state index contributed by atoms with van der Waals surface area (Å²) in [5.41, 5.74) is 12.1. The minimum absolute atomic E-state index is 0.766. The maximum absolute atomic E-state index is 5.65. The third kappa shape index (κ3) is 2.86. The summed E-state index contributed by atoms with van der Waals surface area (Å²) in [5.74, 6) is 0. The van der Waals surface area contributed by atoms with Gasteiger partial charge in [0.05, 0.1) is 0 Å². The van der Waals surface area contributed by atoms with Gasteiger partial charge in [-0.15, -0.1) is 0 Å². The molecule has 0 bridgehead atoms. The van der Waals surface area contributed by atoms with E-state index < -0.39 is 0 Å². The Balaban J connectivity index is 2.11. The fourth-order valence-electron chi connectivity index (χ4n) is 2.92. The molecule has 2 heteroatoms. The lowest BCUT2D eigenvalue weighted by Gasteiger charge is -2.05. The molecule has 108 valence electrons. The zero-order valence-corrected chi connectivity index (χ0v) is 12.5. The van der Waals surface area contributed by atoms with E-state index in [1.165, 1.54) is 33.3 Å². The van der Waals surface area contributed by atoms with E-state index in [4.69, 9.17) is 5.73 Å². The van der Waals surface area contributed by atoms with Crippen LogP contribution in [0, 0.1) is 6.92 Å². The van der Waals surface area contributed by atoms with E-state index in [2.05, 4.69) is 60.4 Å². The van der Waals surface area contributed by atoms with Crippen LogP contribution in [0.3, 0.4) is 0 Å². The van der Waals surface area contributed by atoms with Crippen LogP contribution in [0.2, 0.25) is 0 Å². The second-order valence-corrected chi connectivity index (χ2v) is 5.64. The van der Waals surface area contributed by atoms with E-state index in [0.29, 0.717) is 0 Å². The van der Waals surface area contributed by atoms with Gasteiger partial charge in [0.2, 0.25) is 0 Å². The minimum Gasteiger partial charge on any atom is -0.354 e. The van der Waals surface area contributed by atoms with Crippen LogP contribution in [0.1, 0.15) is 24.0 Å². The quantitative estimate of drug-likeness (QED) is 0.666. The predicted molar refractivity (Wildman–Crippen MR) is 90.5 cm³/mol. The molecule has 0 spiro atoms. The van der Waals surface area contributed by atoms with E-state index in [1.54, 1.807) is 0 Å². The number of nitrogens with two attached hydrogens (primary N) is 1. The van der Waals surface area contributed by atoms with E-state index in [0.717, 1.165) is 25.8 Å². The van der Waals surface area contributed by atoms with Crippen LogP contribution >= 0.6 is 0 Å². The van der Waals surface area contributed by atoms with Crippen molar-refractivity contribution in [2.75, 3.05) is 6.54 Å². The van der Waals surface area contributed by atoms with Crippen molar-refractivity contribution in [2.24, 2.45) is 5.73 Å². The number of aromatic amines is 1. The molecule has 3 rings (SSSR count). The molecular formula is C19H22N2. The summed E-state index contributed by atoms with van der Waals surface area (Å²) >= 11 is 0. The molecule has 3 N–H and O–H groups in total. The first-order valence-electron chi connectivity index (χ1n) is 7.66. The van der Waals surface area contributed by atoms with Crippen molar-refractivity contribution in [3.05, 3.63) is 59.7 Å². The SMILES string of the molecule is Cc1ccc2[nH]c(-c3ccccc3)c(CCCCN)c2c1. The lowest BCUT2D eigenvalue weighted by Crippen LogP contribution is -1.99. The molecule has 1 heterocycles. The number of hydrogen-bond acceptors (Lipinski definition) is 1. The van der Waals surface area contributed by atoms with Gasteiger partial charge in [-0.25, -0.2) is 0 Å². The molecule has 2 nitrogen and oxygen atoms in total. The van der Waals surface area contributed by atoms with Gasteiger partial charge in [-0.1, -0.05) is 42.0 Å². The van der Waals surface area contributed by atoms with Gasteiger partial charge >= 0.3 is 0 Å². The molecule has 0 atom stereocenters. The highest BCUT2D eigenvalue weighted by Gasteiger charge is 2.12. The highest BCUT2D eigenvalue weighted by Crippen LogP contribution is 2.32. The number of rotatable bonds is 5. The second kappa shape index (κ2) is 6.15. The Morgan fingerprint density at radius 1 is 1.00 bits per heavy atom. The summed E-state index contributed by atoms with van der Waals surface area (Å²) < 4.78 is 0. The van der Waals surface area contributed by atoms with Gasteiger partial charge in [-0.2, -0.15) is 0 Å². The van der Waals surface area contributed by atoms with Crippen LogP contribution in [0.25, 0.3) is 22.2 Å². The van der Waals surface area contributed by atoms with E-state index >= 15 is 0 Å². The van der Waals surface area contributed by atoms with E-state index in [-0.39, 0.29) is 0 Å². The number of aromatic nitrogens is 1. The first-order chi connectivity index (χ1) is 10.3. The molecule has 0 aliphatic heterocycles. The summed E-state index contributed by atoms with van der Waals surface area (Å²) in [6, 6.07) is 17.2. The Hall–Kier alpha value is -2.06. The molecule has 0 aliphatic carbocycles. The smallest absolute Gasteiger partial charge is 0.0497 e. The van der Waals surface area contributed by atoms with Gasteiger partial charge in [0.15, 0.2) is 0 Å². The van der Waals surface area contributed by atoms with Crippen molar-refractivity contribution in [1.29, 1.82) is 0 Å². The maximum Gasteiger partial charge on any atom is 0.0497 e. The number of nitrogens with one attached hydrogen (secondary N) is 1. The Morgan fingerprint density at radius 3 is 2.57 bits per heavy atom. The summed E-state index contributed by atoms with van der Waals surface area (Å²) in [7, 11) is 0. The Kier molecular flexibility index (Phi) is 4.07. The van der Waals surface area contributed by atoms with Crippen LogP contribution in [-0.2, 0) is 6.42 Å². The largest absolute Gasteiger partial charge is 0.354 e. The average molecular weight is 278 g/mol. The summed E-state index contributed by atoms with van der Waals surface area (Å²) in [4.78, 5) is 3.60. The molecule has 0 unspecified atom stereocenters. The second-order valence-electron chi connectivity index (χ2n) is 5.64. The Labute approximate surface area is 126 Å². The number of hydrogen-bond donors (Lipinski definition) is 2. The molecule has 21 heavy (non-hydrogen) atoms. The summed E-state index contributed by atoms with van der Waals surface area (Å²) in [5, 5.41) is 1.35. The third-order valence-electron chi connectivity index (χ3n) is 4.01. The molecule has 0 radical (unpaired) electrons. The molecule has 0 aliphatic rings. The van der Waals surface area contributed by atoms with Gasteiger partial charge in [0.1, 0.15) is 0 Å². The van der Waals surface area contributed by atoms with Gasteiger partial charge in [0.25, 0.3) is 0 Å². The minimum atomic E-state index is 0.766. The fourth-order valence-corrected chi connectivity index (χ4v) is 2.92. The number of fused-ring (bicyclic) bond motifs is 1. The zero-order valence-electron chi connectivity index (χ0n) is 12.5. The van der Waals surface area contributed by atoms with Crippen molar-refractivity contribution in [3.63, 3.8) is 0 Å². The summed E-state index contributed by atoms with van der Waals surface area (Å²) in [6.45, 7) is 2.92. The maximum atomic E-state index is 5.65. The van der Waals surface area contributed by atoms with E-state index in [1.807, 2.05) is 0 Å². The average Bonchev–Trinajstić information content (AvgIpc) is 2.87. The molecule has 3 aromatic rings. The summed E-state index contributed by atoms with van der Waals surface area (Å²) in [6.07, 6.45) is 3.29. The zero-order chi connectivity index (χ0) is 14.7. The fraction of sp³-hybridized carbons (Fsp3) is 0.263. The van der Waals surface area contributed by atoms with Gasteiger partial charge in [-0.3, -0.25) is 0 Å². The molecule has 0 saturated carbocycles. The number of H-pyrrole nitrogens is 1. The van der Waals surface area contributed by atoms with Crippen molar-refractivity contribution in [3.8, 4) is 11.3 Å². The topological polar surface area (TPSA) is 41.8 Å². The lowest BCUT2D eigenvalue weighted by atomic mass is 9.99. The van der Waals surface area contributed by atoms with Crippen molar-refractivity contribution in [1.82, 2.24) is 4.98 Å². The molecular weight excluding hydrogens is 256 g/mol. The first-order valence-corrected chi connectivity index (χ1v) is 7.66. The number of benzene rings is 2. The predicted octanol–water partition coefficient (Wildman–Crippen LogP) is 4.42. The van der Waals surface area contributed by atoms with Crippen LogP contribution < -0.4 is 5.73 Å². The number of aryl methyl sites for hydroxylation is 2. The third-order valence-corrected chi connectivity index (χ3v) is 4.01. The molecule has 2 aromatic carbocycles. The van der Waals surface area contributed by atoms with Crippen LogP contribution in [0.15, 0.2) is 48.5 Å². The van der Waals surface area contributed by atoms with Gasteiger partial charge < -0.3 is 10.7 Å². The molecule has 0 fully saturated rings. The molecule has 1 aromatic heterocycles. The Bertz CT molecular complexity index is 726. The van der Waals surface area contributed by atoms with Crippen LogP contribution in [-0.4, -0.2) is 11.5 Å². The lowest BCUT2D eigenvalue weighted by molar-refractivity contribution is 0.748. The monoisotopic (exact) mass is 278 g/mol. The highest BCUT2D eigenvalue weighted by molar-refractivity contribution is 5.91. The standard InChI is InChI=1S/C19H22N2/c1-14-10-11-18-17(13-14)16(9-5-6-12-20)19(21-18)15-7-3-2-4-8-15/h2-4,7-8,10-11,13,21H,5-6,9,12,20H2,1H3. The molecule has 0 saturated heterocycles. The van der Waals surface area contributed by atoms with Crippen molar-refractivity contribution in [2.45, 2.75) is 26.2 Å². The first kappa shape index (κ1) is 13.9. The van der Waals surface area contributed by atoms with Gasteiger partial charge in [-0.05, 0) is 56.0 Å². The van der Waals surface area contributed by atoms with Crippen LogP contribution in [0.5, 0.6) is 0 Å². The van der Waals surface area contributed by atoms with Crippen molar-refractivity contribution >= 4 is 10.9 Å². The molecule has 0 amide bonds. The highest BCUT2D eigenvalue weighted by atomic mass is 14.7. The number of unbranched alkanes of at least 4 members (excludes halogenated alkanes) is 1. The Morgan fingerprint density at radius 2 is 1.81 bits per heavy atom. The van der Waals surface area contributed by atoms with E-state index in [9.17, 15) is 0 Å².